The molecule has 0 radical (unpaired) electrons. The highest BCUT2D eigenvalue weighted by molar-refractivity contribution is 4.82. The monoisotopic (exact) mass is 583 g/mol. The smallest absolute Gasteiger partial charge is 0.0718 e. The molecule has 240 valence electrons. The first-order valence-electron chi connectivity index (χ1n) is 14.8. The normalized spacial score (nSPS) is 17.8. The van der Waals surface area contributed by atoms with E-state index in [2.05, 4.69) is 18.9 Å². The Bertz CT molecular complexity index is 507. The van der Waals surface area contributed by atoms with E-state index < -0.39 is 0 Å². The molecule has 0 aromatic rings. The quantitative estimate of drug-likeness (QED) is 0.107. The van der Waals surface area contributed by atoms with E-state index in [-0.39, 0.29) is 0 Å². The van der Waals surface area contributed by atoms with E-state index in [9.17, 15) is 0 Å². The van der Waals surface area contributed by atoms with Crippen LogP contribution >= 0.6 is 0 Å². The molecule has 12 nitrogen and oxygen atoms in total. The predicted molar refractivity (Wildman–Crippen MR) is 150 cm³/mol. The zero-order chi connectivity index (χ0) is 28.8. The summed E-state index contributed by atoms with van der Waals surface area (Å²) in [6.07, 6.45) is 2.63. The molecule has 1 saturated heterocycles. The molecular weight excluding hydrogens is 526 g/mol. The maximum atomic E-state index is 5.90. The molecule has 1 fully saturated rings. The highest BCUT2D eigenvalue weighted by atomic mass is 16.6. The zero-order valence-corrected chi connectivity index (χ0v) is 25.4. The van der Waals surface area contributed by atoms with E-state index in [0.29, 0.717) is 144 Å². The van der Waals surface area contributed by atoms with Gasteiger partial charge >= 0.3 is 0 Å². The standard InChI is InChI=1S/C28H57NO11/c1-4-27-25-28(26-29(27)2)40-24-23-39-22-21-38-20-19-37-18-17-36-16-15-35-14-13-34-12-11-33-10-9-32-8-7-31-6-5-30-3/h27-28H,4-26H2,1-3H3/t27-,28-/m1/s1. The van der Waals surface area contributed by atoms with Crippen LogP contribution in [-0.2, 0) is 52.1 Å². The topological polar surface area (TPSA) is 105 Å². The summed E-state index contributed by atoms with van der Waals surface area (Å²) < 4.78 is 59.9. The summed E-state index contributed by atoms with van der Waals surface area (Å²) in [4.78, 5) is 2.38. The minimum Gasteiger partial charge on any atom is -0.382 e. The third kappa shape index (κ3) is 24.2. The minimum absolute atomic E-state index is 0.333. The molecule has 40 heavy (non-hydrogen) atoms. The van der Waals surface area contributed by atoms with Crippen molar-refractivity contribution in [3.8, 4) is 0 Å². The molecule has 0 aliphatic carbocycles. The molecule has 1 aliphatic heterocycles. The third-order valence-corrected chi connectivity index (χ3v) is 6.11. The number of rotatable bonds is 32. The first kappa shape index (κ1) is 37.5. The van der Waals surface area contributed by atoms with Crippen molar-refractivity contribution in [2.45, 2.75) is 31.9 Å². The molecule has 1 heterocycles. The Morgan fingerprint density at radius 3 is 1.05 bits per heavy atom. The molecule has 1 rings (SSSR count). The van der Waals surface area contributed by atoms with Crippen LogP contribution in [0.3, 0.4) is 0 Å². The molecule has 0 unspecified atom stereocenters. The maximum absolute atomic E-state index is 5.90. The van der Waals surface area contributed by atoms with Gasteiger partial charge in [-0.3, -0.25) is 0 Å². The number of methoxy groups -OCH3 is 1. The number of likely N-dealkylation sites (N-methyl/N-ethyl adjacent to an activating group) is 1. The van der Waals surface area contributed by atoms with E-state index in [1.54, 1.807) is 7.11 Å². The Kier molecular flexibility index (Phi) is 28.2. The number of likely N-dealkylation sites (tertiary alicyclic amines) is 1. The van der Waals surface area contributed by atoms with E-state index in [1.165, 1.54) is 6.42 Å². The van der Waals surface area contributed by atoms with Crippen molar-refractivity contribution in [2.24, 2.45) is 0 Å². The number of hydrogen-bond donors (Lipinski definition) is 0. The van der Waals surface area contributed by atoms with Crippen LogP contribution < -0.4 is 0 Å². The van der Waals surface area contributed by atoms with Crippen LogP contribution in [0.1, 0.15) is 19.8 Å². The molecule has 12 heteroatoms. The Hall–Kier alpha value is -0.480. The lowest BCUT2D eigenvalue weighted by Crippen LogP contribution is -2.24. The van der Waals surface area contributed by atoms with Crippen LogP contribution in [0.4, 0.5) is 0 Å². The van der Waals surface area contributed by atoms with Crippen molar-refractivity contribution in [1.29, 1.82) is 0 Å². The van der Waals surface area contributed by atoms with E-state index in [1.807, 2.05) is 0 Å². The van der Waals surface area contributed by atoms with Crippen LogP contribution in [0.5, 0.6) is 0 Å². The molecule has 2 atom stereocenters. The van der Waals surface area contributed by atoms with Crippen molar-refractivity contribution < 1.29 is 52.1 Å². The van der Waals surface area contributed by atoms with Gasteiger partial charge in [0.1, 0.15) is 0 Å². The largest absolute Gasteiger partial charge is 0.382 e. The van der Waals surface area contributed by atoms with Crippen molar-refractivity contribution >= 4 is 0 Å². The minimum atomic E-state index is 0.333. The van der Waals surface area contributed by atoms with Crippen LogP contribution in [0.2, 0.25) is 0 Å². The first-order valence-corrected chi connectivity index (χ1v) is 14.8. The lowest BCUT2D eigenvalue weighted by molar-refractivity contribution is -0.0292. The van der Waals surface area contributed by atoms with Gasteiger partial charge in [0.2, 0.25) is 0 Å². The lowest BCUT2D eigenvalue weighted by atomic mass is 10.1. The van der Waals surface area contributed by atoms with Crippen molar-refractivity contribution in [3.63, 3.8) is 0 Å². The highest BCUT2D eigenvalue weighted by Gasteiger charge is 2.28. The average molecular weight is 584 g/mol. The molecular formula is C28H57NO11. The van der Waals surface area contributed by atoms with Gasteiger partial charge in [0, 0.05) is 19.7 Å². The molecule has 1 aliphatic rings. The first-order chi connectivity index (χ1) is 19.8. The summed E-state index contributed by atoms with van der Waals surface area (Å²) in [6, 6.07) is 0.649. The summed E-state index contributed by atoms with van der Waals surface area (Å²) in [5.41, 5.74) is 0. The van der Waals surface area contributed by atoms with Gasteiger partial charge in [-0.2, -0.15) is 0 Å². The van der Waals surface area contributed by atoms with Gasteiger partial charge in [0.05, 0.1) is 138 Å². The fraction of sp³-hybridized carbons (Fsp3) is 1.00. The second kappa shape index (κ2) is 30.0. The van der Waals surface area contributed by atoms with Crippen LogP contribution in [0.25, 0.3) is 0 Å². The van der Waals surface area contributed by atoms with Gasteiger partial charge in [-0.1, -0.05) is 6.92 Å². The van der Waals surface area contributed by atoms with Crippen LogP contribution in [0.15, 0.2) is 0 Å². The maximum Gasteiger partial charge on any atom is 0.0718 e. The number of nitrogens with zero attached hydrogens (tertiary/aromatic N) is 1. The SMILES string of the molecule is CC[C@@H]1C[C@@H](OCCOCCOCCOCCOCCOCCOCCOCCOCCOCCOC)CN1C. The molecule has 0 amide bonds. The van der Waals surface area contributed by atoms with E-state index in [4.69, 9.17) is 52.1 Å². The molecule has 0 N–H and O–H groups in total. The lowest BCUT2D eigenvalue weighted by Gasteiger charge is -2.15. The van der Waals surface area contributed by atoms with Gasteiger partial charge in [0.15, 0.2) is 0 Å². The number of ether oxygens (including phenoxy) is 11. The van der Waals surface area contributed by atoms with Crippen molar-refractivity contribution in [2.75, 3.05) is 153 Å². The molecule has 0 bridgehead atoms. The average Bonchev–Trinajstić information content (AvgIpc) is 3.33. The van der Waals surface area contributed by atoms with Crippen LogP contribution in [-0.4, -0.2) is 170 Å². The Labute approximate surface area is 242 Å². The van der Waals surface area contributed by atoms with Crippen LogP contribution in [0, 0.1) is 0 Å². The number of hydrogen-bond acceptors (Lipinski definition) is 12. The second-order valence-electron chi connectivity index (χ2n) is 9.23. The summed E-state index contributed by atoms with van der Waals surface area (Å²) in [5.74, 6) is 0. The van der Waals surface area contributed by atoms with Crippen molar-refractivity contribution in [3.05, 3.63) is 0 Å². The summed E-state index contributed by atoms with van der Waals surface area (Å²) >= 11 is 0. The fourth-order valence-corrected chi connectivity index (χ4v) is 3.90. The predicted octanol–water partition coefficient (Wildman–Crippen LogP) is 1.28. The molecule has 0 saturated carbocycles. The van der Waals surface area contributed by atoms with Gasteiger partial charge < -0.3 is 57.0 Å². The second-order valence-corrected chi connectivity index (χ2v) is 9.23. The molecule has 0 spiro atoms. The Morgan fingerprint density at radius 2 is 0.775 bits per heavy atom. The van der Waals surface area contributed by atoms with Gasteiger partial charge in [-0.25, -0.2) is 0 Å². The van der Waals surface area contributed by atoms with E-state index >= 15 is 0 Å². The summed E-state index contributed by atoms with van der Waals surface area (Å²) in [6.45, 7) is 14.3. The van der Waals surface area contributed by atoms with Gasteiger partial charge in [0.25, 0.3) is 0 Å². The zero-order valence-electron chi connectivity index (χ0n) is 25.4. The molecule has 0 aromatic heterocycles. The van der Waals surface area contributed by atoms with Gasteiger partial charge in [-0.15, -0.1) is 0 Å². The third-order valence-electron chi connectivity index (χ3n) is 6.11. The summed E-state index contributed by atoms with van der Waals surface area (Å²) in [5, 5.41) is 0. The van der Waals surface area contributed by atoms with E-state index in [0.717, 1.165) is 13.0 Å². The Balaban J connectivity index is 1.63. The fourth-order valence-electron chi connectivity index (χ4n) is 3.90. The summed E-state index contributed by atoms with van der Waals surface area (Å²) in [7, 11) is 3.82. The van der Waals surface area contributed by atoms with Crippen molar-refractivity contribution in [1.82, 2.24) is 4.90 Å². The Morgan fingerprint density at radius 1 is 0.475 bits per heavy atom. The van der Waals surface area contributed by atoms with Gasteiger partial charge in [-0.05, 0) is 19.9 Å². The highest BCUT2D eigenvalue weighted by Crippen LogP contribution is 2.20. The molecule has 0 aromatic carbocycles.